The lowest BCUT2D eigenvalue weighted by atomic mass is 10.1. The van der Waals surface area contributed by atoms with Crippen LogP contribution < -0.4 is 15.8 Å². The number of nitrogens with two attached hydrogens (primary N) is 1. The molecule has 1 aromatic rings. The number of hydrogen-bond donors (Lipinski definition) is 3. The Bertz CT molecular complexity index is 462. The zero-order chi connectivity index (χ0) is 15.0. The van der Waals surface area contributed by atoms with Gasteiger partial charge >= 0.3 is 5.97 Å². The maximum atomic E-state index is 11.8. The van der Waals surface area contributed by atoms with E-state index < -0.39 is 18.6 Å². The van der Waals surface area contributed by atoms with Gasteiger partial charge in [-0.25, -0.2) is 4.79 Å². The number of hydrogen-bond acceptors (Lipinski definition) is 4. The van der Waals surface area contributed by atoms with Gasteiger partial charge in [0.15, 0.2) is 6.61 Å². The van der Waals surface area contributed by atoms with Crippen LogP contribution in [0, 0.1) is 0 Å². The molecule has 1 amide bonds. The molecule has 0 saturated carbocycles. The second-order valence-corrected chi connectivity index (χ2v) is 4.45. The topological polar surface area (TPSA) is 102 Å². The van der Waals surface area contributed by atoms with Crippen molar-refractivity contribution in [2.75, 3.05) is 11.9 Å². The minimum atomic E-state index is -1.05. The second kappa shape index (κ2) is 8.16. The number of carbonyl (C=O) groups is 2. The normalized spacial score (nSPS) is 11.7. The van der Waals surface area contributed by atoms with E-state index in [9.17, 15) is 9.59 Å². The Kier molecular flexibility index (Phi) is 6.52. The van der Waals surface area contributed by atoms with Crippen LogP contribution in [0.3, 0.4) is 0 Å². The van der Waals surface area contributed by atoms with E-state index in [-0.39, 0.29) is 5.91 Å². The van der Waals surface area contributed by atoms with Gasteiger partial charge in [0.25, 0.3) is 0 Å². The molecular weight excluding hydrogens is 260 g/mol. The molecule has 0 aliphatic carbocycles. The van der Waals surface area contributed by atoms with Crippen LogP contribution in [0.4, 0.5) is 5.69 Å². The molecule has 0 radical (unpaired) electrons. The molecule has 0 aliphatic heterocycles. The summed E-state index contributed by atoms with van der Waals surface area (Å²) in [7, 11) is 0. The van der Waals surface area contributed by atoms with Gasteiger partial charge in [0.05, 0.1) is 6.04 Å². The van der Waals surface area contributed by atoms with Crippen molar-refractivity contribution in [1.29, 1.82) is 0 Å². The molecule has 0 fully saturated rings. The number of carboxylic acid groups (broad SMARTS) is 1. The number of rotatable bonds is 8. The van der Waals surface area contributed by atoms with E-state index in [4.69, 9.17) is 15.6 Å². The summed E-state index contributed by atoms with van der Waals surface area (Å²) >= 11 is 0. The monoisotopic (exact) mass is 280 g/mol. The first-order valence-electron chi connectivity index (χ1n) is 6.54. The molecule has 110 valence electrons. The summed E-state index contributed by atoms with van der Waals surface area (Å²) in [6.07, 6.45) is 2.52. The first-order valence-corrected chi connectivity index (χ1v) is 6.54. The van der Waals surface area contributed by atoms with Crippen molar-refractivity contribution in [1.82, 2.24) is 0 Å². The van der Waals surface area contributed by atoms with E-state index >= 15 is 0 Å². The lowest BCUT2D eigenvalue weighted by molar-refractivity contribution is -0.139. The van der Waals surface area contributed by atoms with Gasteiger partial charge < -0.3 is 20.9 Å². The zero-order valence-corrected chi connectivity index (χ0v) is 11.5. The first-order chi connectivity index (χ1) is 9.52. The van der Waals surface area contributed by atoms with Crippen LogP contribution in [0.1, 0.15) is 26.2 Å². The van der Waals surface area contributed by atoms with Crippen LogP contribution in [0.5, 0.6) is 5.75 Å². The quantitative estimate of drug-likeness (QED) is 0.671. The smallest absolute Gasteiger partial charge is 0.341 e. The molecule has 0 aliphatic rings. The Morgan fingerprint density at radius 1 is 1.45 bits per heavy atom. The van der Waals surface area contributed by atoms with E-state index in [1.54, 1.807) is 24.3 Å². The lowest BCUT2D eigenvalue weighted by Gasteiger charge is -2.12. The van der Waals surface area contributed by atoms with Crippen LogP contribution in [-0.4, -0.2) is 29.6 Å². The third-order valence-electron chi connectivity index (χ3n) is 2.67. The summed E-state index contributed by atoms with van der Waals surface area (Å²) in [5, 5.41) is 11.2. The number of unbranched alkanes of at least 4 members (excludes halogenated alkanes) is 1. The van der Waals surface area contributed by atoms with Crippen molar-refractivity contribution in [3.05, 3.63) is 24.3 Å². The molecule has 0 spiro atoms. The third kappa shape index (κ3) is 5.71. The van der Waals surface area contributed by atoms with E-state index in [0.29, 0.717) is 17.9 Å². The fourth-order valence-corrected chi connectivity index (χ4v) is 1.60. The average molecular weight is 280 g/mol. The number of amides is 1. The van der Waals surface area contributed by atoms with Crippen LogP contribution in [0.25, 0.3) is 0 Å². The minimum Gasteiger partial charge on any atom is -0.482 e. The number of anilines is 1. The molecule has 4 N–H and O–H groups in total. The molecule has 1 rings (SSSR count). The highest BCUT2D eigenvalue weighted by molar-refractivity contribution is 5.94. The Balaban J connectivity index is 2.56. The number of aliphatic carboxylic acids is 1. The molecule has 0 saturated heterocycles. The van der Waals surface area contributed by atoms with Crippen molar-refractivity contribution in [2.45, 2.75) is 32.2 Å². The van der Waals surface area contributed by atoms with Gasteiger partial charge in [-0.05, 0) is 18.6 Å². The van der Waals surface area contributed by atoms with Gasteiger partial charge in [0, 0.05) is 11.8 Å². The summed E-state index contributed by atoms with van der Waals surface area (Å²) in [6, 6.07) is 6.00. The highest BCUT2D eigenvalue weighted by Gasteiger charge is 2.13. The molecule has 1 atom stereocenters. The molecular formula is C14H20N2O4. The number of carboxylic acids is 1. The Labute approximate surface area is 117 Å². The number of nitrogens with one attached hydrogen (secondary N) is 1. The van der Waals surface area contributed by atoms with Crippen LogP contribution in [0.15, 0.2) is 24.3 Å². The third-order valence-corrected chi connectivity index (χ3v) is 2.67. The fourth-order valence-electron chi connectivity index (χ4n) is 1.60. The van der Waals surface area contributed by atoms with Crippen LogP contribution >= 0.6 is 0 Å². The standard InChI is InChI=1S/C14H20N2O4/c1-2-3-7-12(15)14(19)16-10-5-4-6-11(8-10)20-9-13(17)18/h4-6,8,12H,2-3,7,9,15H2,1H3,(H,16,19)(H,17,18). The maximum absolute atomic E-state index is 11.8. The lowest BCUT2D eigenvalue weighted by Crippen LogP contribution is -2.35. The minimum absolute atomic E-state index is 0.256. The Morgan fingerprint density at radius 3 is 2.85 bits per heavy atom. The number of benzene rings is 1. The molecule has 0 heterocycles. The maximum Gasteiger partial charge on any atom is 0.341 e. The zero-order valence-electron chi connectivity index (χ0n) is 11.5. The molecule has 1 aromatic carbocycles. The van der Waals surface area contributed by atoms with E-state index in [2.05, 4.69) is 5.32 Å². The first kappa shape index (κ1) is 16.0. The van der Waals surface area contributed by atoms with Gasteiger partial charge in [0.1, 0.15) is 5.75 Å². The molecule has 1 unspecified atom stereocenters. The molecule has 0 aromatic heterocycles. The molecule has 0 bridgehead atoms. The van der Waals surface area contributed by atoms with Gasteiger partial charge in [-0.1, -0.05) is 25.8 Å². The van der Waals surface area contributed by atoms with E-state index in [0.717, 1.165) is 12.8 Å². The van der Waals surface area contributed by atoms with Crippen LogP contribution in [-0.2, 0) is 9.59 Å². The predicted molar refractivity (Wildman–Crippen MR) is 75.7 cm³/mol. The van der Waals surface area contributed by atoms with Crippen LogP contribution in [0.2, 0.25) is 0 Å². The van der Waals surface area contributed by atoms with Crippen molar-refractivity contribution in [3.8, 4) is 5.75 Å². The largest absolute Gasteiger partial charge is 0.482 e. The van der Waals surface area contributed by atoms with E-state index in [1.165, 1.54) is 0 Å². The van der Waals surface area contributed by atoms with Gasteiger partial charge in [-0.2, -0.15) is 0 Å². The van der Waals surface area contributed by atoms with Crippen molar-refractivity contribution < 1.29 is 19.4 Å². The van der Waals surface area contributed by atoms with Gasteiger partial charge in [0.2, 0.25) is 5.91 Å². The SMILES string of the molecule is CCCCC(N)C(=O)Nc1cccc(OCC(=O)O)c1. The number of carbonyl (C=O) groups excluding carboxylic acids is 1. The Morgan fingerprint density at radius 2 is 2.20 bits per heavy atom. The van der Waals surface area contributed by atoms with Gasteiger partial charge in [-0.15, -0.1) is 0 Å². The average Bonchev–Trinajstić information content (AvgIpc) is 2.42. The van der Waals surface area contributed by atoms with Crippen molar-refractivity contribution in [3.63, 3.8) is 0 Å². The fraction of sp³-hybridized carbons (Fsp3) is 0.429. The van der Waals surface area contributed by atoms with Crippen molar-refractivity contribution >= 4 is 17.6 Å². The van der Waals surface area contributed by atoms with Crippen molar-refractivity contribution in [2.24, 2.45) is 5.73 Å². The summed E-state index contributed by atoms with van der Waals surface area (Å²) in [4.78, 5) is 22.2. The molecule has 20 heavy (non-hydrogen) atoms. The Hall–Kier alpha value is -2.08. The molecule has 6 nitrogen and oxygen atoms in total. The highest BCUT2D eigenvalue weighted by Crippen LogP contribution is 2.17. The summed E-state index contributed by atoms with van der Waals surface area (Å²) in [5.74, 6) is -0.929. The van der Waals surface area contributed by atoms with E-state index in [1.807, 2.05) is 6.92 Å². The van der Waals surface area contributed by atoms with Gasteiger partial charge in [-0.3, -0.25) is 4.79 Å². The second-order valence-electron chi connectivity index (χ2n) is 4.45. The summed E-state index contributed by atoms with van der Waals surface area (Å²) in [6.45, 7) is 1.61. The molecule has 6 heteroatoms. The summed E-state index contributed by atoms with van der Waals surface area (Å²) in [5.41, 5.74) is 6.30. The predicted octanol–water partition coefficient (Wildman–Crippen LogP) is 1.61. The highest BCUT2D eigenvalue weighted by atomic mass is 16.5. The summed E-state index contributed by atoms with van der Waals surface area (Å²) < 4.78 is 5.03. The number of ether oxygens (including phenoxy) is 1.